The molecule has 2 N–H and O–H groups in total. The smallest absolute Gasteiger partial charge is 0.316 e. The predicted octanol–water partition coefficient (Wildman–Crippen LogP) is 1.73. The van der Waals surface area contributed by atoms with Gasteiger partial charge in [0.1, 0.15) is 0 Å². The second-order valence-corrected chi connectivity index (χ2v) is 9.88. The molecule has 1 saturated carbocycles. The summed E-state index contributed by atoms with van der Waals surface area (Å²) in [5.41, 5.74) is 0. The molecule has 1 aliphatic heterocycles. The Morgan fingerprint density at radius 3 is 2.73 bits per heavy atom. The number of amides is 3. The molecule has 164 valence electrons. The van der Waals surface area contributed by atoms with Crippen LogP contribution in [0.5, 0.6) is 0 Å². The molecule has 3 rings (SSSR count). The summed E-state index contributed by atoms with van der Waals surface area (Å²) in [7, 11) is 0. The molecule has 1 aromatic heterocycles. The first-order valence-corrected chi connectivity index (χ1v) is 12.4. The summed E-state index contributed by atoms with van der Waals surface area (Å²) >= 11 is 3.55. The summed E-state index contributed by atoms with van der Waals surface area (Å²) in [4.78, 5) is 47.5. The number of nitrogens with one attached hydrogen (secondary N) is 2. The highest BCUT2D eigenvalue weighted by atomic mass is 32.2. The lowest BCUT2D eigenvalue weighted by molar-refractivity contribution is -0.145. The average molecular weight is 474 g/mol. The van der Waals surface area contributed by atoms with Crippen LogP contribution in [0.4, 0.5) is 9.93 Å². The molecule has 0 aromatic carbocycles. The van der Waals surface area contributed by atoms with Crippen LogP contribution in [0.2, 0.25) is 0 Å². The van der Waals surface area contributed by atoms with E-state index in [2.05, 4.69) is 20.8 Å². The lowest BCUT2D eigenvalue weighted by Crippen LogP contribution is -2.38. The molecule has 13 heteroatoms. The zero-order valence-corrected chi connectivity index (χ0v) is 18.7. The molecule has 10 nitrogen and oxygen atoms in total. The van der Waals surface area contributed by atoms with E-state index in [9.17, 15) is 19.2 Å². The highest BCUT2D eigenvalue weighted by Gasteiger charge is 2.29. The van der Waals surface area contributed by atoms with Gasteiger partial charge >= 0.3 is 5.97 Å². The van der Waals surface area contributed by atoms with Crippen molar-refractivity contribution in [3.05, 3.63) is 0 Å². The highest BCUT2D eigenvalue weighted by molar-refractivity contribution is 8.14. The molecule has 0 unspecified atom stereocenters. The third-order valence-corrected chi connectivity index (χ3v) is 7.34. The second-order valence-electron chi connectivity index (χ2n) is 6.75. The van der Waals surface area contributed by atoms with Crippen LogP contribution in [0.25, 0.3) is 0 Å². The third kappa shape index (κ3) is 7.13. The first-order chi connectivity index (χ1) is 14.5. The van der Waals surface area contributed by atoms with Gasteiger partial charge in [-0.05, 0) is 12.8 Å². The van der Waals surface area contributed by atoms with Gasteiger partial charge in [-0.15, -0.1) is 10.2 Å². The van der Waals surface area contributed by atoms with Crippen molar-refractivity contribution in [3.63, 3.8) is 0 Å². The summed E-state index contributed by atoms with van der Waals surface area (Å²) in [5, 5.41) is 14.5. The van der Waals surface area contributed by atoms with E-state index in [-0.39, 0.29) is 35.7 Å². The van der Waals surface area contributed by atoms with E-state index in [4.69, 9.17) is 4.74 Å². The highest BCUT2D eigenvalue weighted by Crippen LogP contribution is 2.28. The van der Waals surface area contributed by atoms with Gasteiger partial charge in [-0.1, -0.05) is 54.1 Å². The number of rotatable bonds is 10. The van der Waals surface area contributed by atoms with E-state index in [1.54, 1.807) is 0 Å². The lowest BCUT2D eigenvalue weighted by Gasteiger charge is -2.21. The van der Waals surface area contributed by atoms with Crippen LogP contribution in [0, 0.1) is 0 Å². The summed E-state index contributed by atoms with van der Waals surface area (Å²) < 4.78 is 5.60. The van der Waals surface area contributed by atoms with E-state index < -0.39 is 18.5 Å². The van der Waals surface area contributed by atoms with Crippen molar-refractivity contribution in [2.45, 2.75) is 42.5 Å². The number of hydrogen-bond donors (Lipinski definition) is 2. The van der Waals surface area contributed by atoms with E-state index >= 15 is 0 Å². The van der Waals surface area contributed by atoms with Crippen molar-refractivity contribution in [3.8, 4) is 0 Å². The molecule has 0 spiro atoms. The van der Waals surface area contributed by atoms with Gasteiger partial charge < -0.3 is 15.4 Å². The number of hydrogen-bond acceptors (Lipinski definition) is 11. The quantitative estimate of drug-likeness (QED) is 0.382. The molecule has 2 heterocycles. The SMILES string of the molecule is O=C(COC(=O)CSc1nnc(NC2CCCCC2)s1)NCCN1C(=O)CSC1=O. The minimum Gasteiger partial charge on any atom is -0.455 e. The summed E-state index contributed by atoms with van der Waals surface area (Å²) in [6.45, 7) is -0.195. The number of anilines is 1. The largest absolute Gasteiger partial charge is 0.455 e. The van der Waals surface area contributed by atoms with Crippen LogP contribution >= 0.6 is 34.9 Å². The van der Waals surface area contributed by atoms with Gasteiger partial charge in [0, 0.05) is 19.1 Å². The Morgan fingerprint density at radius 1 is 1.20 bits per heavy atom. The summed E-state index contributed by atoms with van der Waals surface area (Å²) in [6.07, 6.45) is 6.02. The van der Waals surface area contributed by atoms with Crippen molar-refractivity contribution in [2.75, 3.05) is 36.5 Å². The Labute approximate surface area is 186 Å². The first-order valence-electron chi connectivity index (χ1n) is 9.63. The number of esters is 1. The second kappa shape index (κ2) is 11.5. The molecule has 1 aromatic rings. The fourth-order valence-electron chi connectivity index (χ4n) is 3.01. The van der Waals surface area contributed by atoms with E-state index in [1.807, 2.05) is 0 Å². The minimum atomic E-state index is -0.534. The van der Waals surface area contributed by atoms with Crippen LogP contribution < -0.4 is 10.6 Å². The lowest BCUT2D eigenvalue weighted by atomic mass is 9.96. The van der Waals surface area contributed by atoms with Crippen molar-refractivity contribution in [2.24, 2.45) is 0 Å². The van der Waals surface area contributed by atoms with E-state index in [1.165, 1.54) is 42.4 Å². The maximum atomic E-state index is 11.8. The molecular weight excluding hydrogens is 450 g/mol. The summed E-state index contributed by atoms with van der Waals surface area (Å²) in [6, 6.07) is 0.438. The van der Waals surface area contributed by atoms with Gasteiger partial charge in [0.2, 0.25) is 11.0 Å². The Bertz CT molecular complexity index is 768. The molecule has 1 saturated heterocycles. The van der Waals surface area contributed by atoms with Gasteiger partial charge in [-0.3, -0.25) is 24.1 Å². The number of carbonyl (C=O) groups excluding carboxylic acids is 4. The monoisotopic (exact) mass is 473 g/mol. The zero-order chi connectivity index (χ0) is 21.3. The molecule has 0 bridgehead atoms. The van der Waals surface area contributed by atoms with Crippen LogP contribution in [0.15, 0.2) is 4.34 Å². The minimum absolute atomic E-state index is 0.0271. The third-order valence-electron chi connectivity index (χ3n) is 4.52. The number of carbonyl (C=O) groups is 4. The predicted molar refractivity (Wildman–Crippen MR) is 115 cm³/mol. The Kier molecular flexibility index (Phi) is 8.75. The maximum Gasteiger partial charge on any atom is 0.316 e. The topological polar surface area (TPSA) is 131 Å². The average Bonchev–Trinajstić information content (AvgIpc) is 3.32. The number of nitrogens with zero attached hydrogens (tertiary/aromatic N) is 3. The number of aromatic nitrogens is 2. The van der Waals surface area contributed by atoms with Gasteiger partial charge in [-0.25, -0.2) is 0 Å². The fraction of sp³-hybridized carbons (Fsp3) is 0.647. The first kappa shape index (κ1) is 22.8. The molecule has 0 atom stereocenters. The number of ether oxygens (including phenoxy) is 1. The molecular formula is C17H23N5O5S3. The van der Waals surface area contributed by atoms with E-state index in [0.717, 1.165) is 34.6 Å². The molecule has 1 aliphatic carbocycles. The molecule has 3 amide bonds. The van der Waals surface area contributed by atoms with Gasteiger partial charge in [0.25, 0.3) is 11.1 Å². The van der Waals surface area contributed by atoms with Crippen LogP contribution in [-0.4, -0.2) is 75.4 Å². The molecule has 0 radical (unpaired) electrons. The molecule has 2 fully saturated rings. The molecule has 30 heavy (non-hydrogen) atoms. The molecule has 2 aliphatic rings. The number of thioether (sulfide) groups is 2. The number of imide groups is 1. The van der Waals surface area contributed by atoms with Crippen molar-refractivity contribution in [1.82, 2.24) is 20.4 Å². The van der Waals surface area contributed by atoms with Crippen molar-refractivity contribution >= 4 is 63.0 Å². The summed E-state index contributed by atoms with van der Waals surface area (Å²) in [5.74, 6) is -1.13. The zero-order valence-electron chi connectivity index (χ0n) is 16.3. The van der Waals surface area contributed by atoms with Gasteiger partial charge in [-0.2, -0.15) is 0 Å². The van der Waals surface area contributed by atoms with Gasteiger partial charge in [0.15, 0.2) is 10.9 Å². The standard InChI is InChI=1S/C17H23N5O5S3/c23-12(18-6-7-22-13(24)9-29-17(22)26)8-27-14(25)10-28-16-21-20-15(30-16)19-11-4-2-1-3-5-11/h11H,1-10H2,(H,18,23)(H,19,20). The Hall–Kier alpha value is -1.86. The van der Waals surface area contributed by atoms with Crippen LogP contribution in [-0.2, 0) is 19.1 Å². The Balaban J connectivity index is 1.28. The normalized spacial score (nSPS) is 17.3. The van der Waals surface area contributed by atoms with Crippen LogP contribution in [0.1, 0.15) is 32.1 Å². The van der Waals surface area contributed by atoms with E-state index in [0.29, 0.717) is 10.4 Å². The van der Waals surface area contributed by atoms with Crippen LogP contribution in [0.3, 0.4) is 0 Å². The van der Waals surface area contributed by atoms with Gasteiger partial charge in [0.05, 0.1) is 11.5 Å². The van der Waals surface area contributed by atoms with Crippen molar-refractivity contribution in [1.29, 1.82) is 0 Å². The maximum absolute atomic E-state index is 11.8. The van der Waals surface area contributed by atoms with Crippen molar-refractivity contribution < 1.29 is 23.9 Å². The fourth-order valence-corrected chi connectivity index (χ4v) is 5.39. The Morgan fingerprint density at radius 2 is 2.00 bits per heavy atom.